The van der Waals surface area contributed by atoms with Crippen LogP contribution in [0, 0.1) is 0 Å². The van der Waals surface area contributed by atoms with Crippen LogP contribution in [0.15, 0.2) is 0 Å². The van der Waals surface area contributed by atoms with Crippen molar-refractivity contribution in [1.82, 2.24) is 4.72 Å². The molecule has 0 aliphatic rings. The van der Waals surface area contributed by atoms with Crippen molar-refractivity contribution in [1.29, 1.82) is 0 Å². The molecule has 3 nitrogen and oxygen atoms in total. The van der Waals surface area contributed by atoms with E-state index in [1.807, 2.05) is 0 Å². The molecule has 0 spiro atoms. The van der Waals surface area contributed by atoms with Gasteiger partial charge in [-0.1, -0.05) is 103 Å². The average Bonchev–Trinajstić information content (AvgIpc) is 2.50. The smallest absolute Gasteiger partial charge is 0.0181 e. The van der Waals surface area contributed by atoms with Gasteiger partial charge in [0, 0.05) is 17.8 Å². The molecule has 134 valence electrons. The zero-order valence-electron chi connectivity index (χ0n) is 14.7. The Kier molecular flexibility index (Phi) is 19.2. The average molecular weight is 333 g/mol. The van der Waals surface area contributed by atoms with E-state index in [1.54, 1.807) is 0 Å². The monoisotopic (exact) mass is 332 g/mol. The summed E-state index contributed by atoms with van der Waals surface area (Å²) in [5.74, 6) is 0. The van der Waals surface area contributed by atoms with Crippen LogP contribution in [0.1, 0.15) is 110 Å². The van der Waals surface area contributed by atoms with Crippen LogP contribution >= 0.6 is 0 Å². The number of rotatable bonds is 18. The van der Waals surface area contributed by atoms with Gasteiger partial charge in [0.15, 0.2) is 0 Å². The number of unbranched alkanes of at least 4 members (excludes halogenated alkanes) is 15. The van der Waals surface area contributed by atoms with Crippen molar-refractivity contribution >= 4 is 11.3 Å². The first kappa shape index (κ1) is 22.1. The van der Waals surface area contributed by atoms with Gasteiger partial charge in [-0.25, -0.2) is 4.72 Å². The maximum atomic E-state index is 10.2. The molecule has 0 aliphatic heterocycles. The molecule has 1 unspecified atom stereocenters. The predicted molar refractivity (Wildman–Crippen MR) is 96.5 cm³/mol. The Morgan fingerprint density at radius 3 is 1.27 bits per heavy atom. The van der Waals surface area contributed by atoms with Crippen LogP contribution < -0.4 is 4.72 Å². The maximum Gasteiger partial charge on any atom is 0.0181 e. The Morgan fingerprint density at radius 1 is 0.636 bits per heavy atom. The second kappa shape index (κ2) is 19.1. The number of nitrogens with one attached hydrogen (secondary N) is 1. The van der Waals surface area contributed by atoms with Crippen molar-refractivity contribution in [2.24, 2.45) is 0 Å². The number of hydrogen-bond acceptors (Lipinski definition) is 2. The summed E-state index contributed by atoms with van der Waals surface area (Å²) < 4.78 is 22.9. The van der Waals surface area contributed by atoms with Gasteiger partial charge >= 0.3 is 0 Å². The quantitative estimate of drug-likeness (QED) is 0.261. The van der Waals surface area contributed by atoms with Crippen molar-refractivity contribution in [2.45, 2.75) is 110 Å². The van der Waals surface area contributed by atoms with Gasteiger partial charge in [-0.2, -0.15) is 0 Å². The van der Waals surface area contributed by atoms with E-state index >= 15 is 0 Å². The third-order valence-electron chi connectivity index (χ3n) is 4.25. The van der Waals surface area contributed by atoms with Gasteiger partial charge in [-0.15, -0.1) is 0 Å². The molecule has 0 aliphatic carbocycles. The van der Waals surface area contributed by atoms with E-state index < -0.39 is 11.3 Å². The Bertz CT molecular complexity index is 237. The lowest BCUT2D eigenvalue weighted by Gasteiger charge is -2.06. The summed E-state index contributed by atoms with van der Waals surface area (Å²) in [5.41, 5.74) is 0. The topological polar surface area (TPSA) is 52.2 Å². The first-order chi connectivity index (χ1) is 10.8. The second-order valence-electron chi connectivity index (χ2n) is 6.43. The summed E-state index contributed by atoms with van der Waals surface area (Å²) in [7, 11) is 0. The first-order valence-electron chi connectivity index (χ1n) is 9.60. The summed E-state index contributed by atoms with van der Waals surface area (Å²) >= 11 is -2.08. The van der Waals surface area contributed by atoms with E-state index in [2.05, 4.69) is 11.6 Å². The predicted octanol–water partition coefficient (Wildman–Crippen LogP) is 5.63. The van der Waals surface area contributed by atoms with Crippen molar-refractivity contribution in [3.05, 3.63) is 0 Å². The molecule has 4 heteroatoms. The molecule has 0 fully saturated rings. The molecule has 0 saturated heterocycles. The normalized spacial score (nSPS) is 12.6. The highest BCUT2D eigenvalue weighted by Crippen LogP contribution is 2.13. The summed E-state index contributed by atoms with van der Waals surface area (Å²) in [6.45, 7) is 2.87. The third-order valence-corrected chi connectivity index (χ3v) is 4.69. The molecule has 0 aromatic carbocycles. The van der Waals surface area contributed by atoms with E-state index in [-0.39, 0.29) is 0 Å². The lowest BCUT2D eigenvalue weighted by atomic mass is 10.0. The van der Waals surface area contributed by atoms with Gasteiger partial charge in [0.1, 0.15) is 0 Å². The zero-order valence-corrected chi connectivity index (χ0v) is 15.6. The van der Waals surface area contributed by atoms with Gasteiger partial charge < -0.3 is 4.55 Å². The summed E-state index contributed by atoms with van der Waals surface area (Å²) in [4.78, 5) is 0. The molecule has 0 amide bonds. The highest BCUT2D eigenvalue weighted by molar-refractivity contribution is 7.77. The standard InChI is InChI=1S/C18H39NO2S/c1-2-3-4-5-6-7-8-9-10-11-12-13-14-15-16-17-18-19-22(20)21/h19H,2-18H2,1H3,(H,20,21)/p-1. The SMILES string of the molecule is CCCCCCCCCCCCCCCCCCNS(=O)[O-]. The fourth-order valence-electron chi connectivity index (χ4n) is 2.83. The van der Waals surface area contributed by atoms with E-state index in [0.29, 0.717) is 6.54 Å². The Morgan fingerprint density at radius 2 is 0.955 bits per heavy atom. The van der Waals surface area contributed by atoms with Crippen LogP contribution in [0.25, 0.3) is 0 Å². The van der Waals surface area contributed by atoms with Crippen LogP contribution in [-0.2, 0) is 11.3 Å². The van der Waals surface area contributed by atoms with Crippen LogP contribution in [0.4, 0.5) is 0 Å². The molecule has 0 rings (SSSR count). The van der Waals surface area contributed by atoms with E-state index in [0.717, 1.165) is 12.8 Å². The van der Waals surface area contributed by atoms with Crippen molar-refractivity contribution in [3.8, 4) is 0 Å². The molecule has 0 radical (unpaired) electrons. The summed E-state index contributed by atoms with van der Waals surface area (Å²) in [5, 5.41) is 0. The zero-order chi connectivity index (χ0) is 16.3. The van der Waals surface area contributed by atoms with Gasteiger partial charge in [0.2, 0.25) is 0 Å². The van der Waals surface area contributed by atoms with Gasteiger partial charge in [0.25, 0.3) is 0 Å². The van der Waals surface area contributed by atoms with Crippen LogP contribution in [0.3, 0.4) is 0 Å². The highest BCUT2D eigenvalue weighted by Gasteiger charge is 1.94. The minimum absolute atomic E-state index is 0.592. The maximum absolute atomic E-state index is 10.2. The first-order valence-corrected chi connectivity index (χ1v) is 10.7. The van der Waals surface area contributed by atoms with E-state index in [1.165, 1.54) is 89.9 Å². The lowest BCUT2D eigenvalue weighted by Crippen LogP contribution is -2.17. The third kappa shape index (κ3) is 20.1. The van der Waals surface area contributed by atoms with Gasteiger partial charge in [-0.3, -0.25) is 4.21 Å². The van der Waals surface area contributed by atoms with E-state index in [4.69, 9.17) is 0 Å². The van der Waals surface area contributed by atoms with E-state index in [9.17, 15) is 8.76 Å². The molecule has 1 atom stereocenters. The van der Waals surface area contributed by atoms with Crippen molar-refractivity contribution in [3.63, 3.8) is 0 Å². The minimum atomic E-state index is -2.08. The molecule has 0 saturated carbocycles. The van der Waals surface area contributed by atoms with Crippen molar-refractivity contribution in [2.75, 3.05) is 6.54 Å². The molecular weight excluding hydrogens is 294 g/mol. The molecule has 0 aromatic rings. The fraction of sp³-hybridized carbons (Fsp3) is 1.00. The summed E-state index contributed by atoms with van der Waals surface area (Å²) in [6.07, 6.45) is 21.5. The van der Waals surface area contributed by atoms with Crippen LogP contribution in [0.5, 0.6) is 0 Å². The van der Waals surface area contributed by atoms with Gasteiger partial charge in [0.05, 0.1) is 0 Å². The number of hydrogen-bond donors (Lipinski definition) is 1. The fourth-order valence-corrected chi connectivity index (χ4v) is 3.14. The summed E-state index contributed by atoms with van der Waals surface area (Å²) in [6, 6.07) is 0. The molecule has 22 heavy (non-hydrogen) atoms. The highest BCUT2D eigenvalue weighted by atomic mass is 32.2. The Labute approximate surface area is 141 Å². The Hall–Kier alpha value is 0.0700. The molecule has 0 heterocycles. The minimum Gasteiger partial charge on any atom is -0.760 e. The van der Waals surface area contributed by atoms with Crippen molar-refractivity contribution < 1.29 is 8.76 Å². The van der Waals surface area contributed by atoms with Crippen LogP contribution in [-0.4, -0.2) is 15.3 Å². The van der Waals surface area contributed by atoms with Gasteiger partial charge in [-0.05, 0) is 6.42 Å². The Balaban J connectivity index is 2.95. The molecule has 0 bridgehead atoms. The molecule has 0 aromatic heterocycles. The second-order valence-corrected chi connectivity index (χ2v) is 7.19. The van der Waals surface area contributed by atoms with Crippen LogP contribution in [0.2, 0.25) is 0 Å². The lowest BCUT2D eigenvalue weighted by molar-refractivity contribution is 0.514. The molecular formula is C18H38NO2S-. The largest absolute Gasteiger partial charge is 0.760 e. The molecule has 1 N–H and O–H groups in total.